The standard InChI is InChI=1S/C17H28N4O4/c1-20-13(10-8-6-4-3-5-7-9-12(23)11-22)18-15-14(20)16(24)19-17(25)21(15)2/h12,22-23H,3-11H2,1-2H3,(H,19,24,25). The Morgan fingerprint density at radius 2 is 1.68 bits per heavy atom. The van der Waals surface area contributed by atoms with Gasteiger partial charge in [0.1, 0.15) is 5.82 Å². The molecule has 1 unspecified atom stereocenters. The predicted molar refractivity (Wildman–Crippen MR) is 95.7 cm³/mol. The number of imidazole rings is 1. The molecule has 2 aromatic rings. The van der Waals surface area contributed by atoms with Crippen LogP contribution in [0.25, 0.3) is 11.2 Å². The fraction of sp³-hybridized carbons (Fsp3) is 0.706. The number of aryl methyl sites for hydroxylation is 3. The smallest absolute Gasteiger partial charge is 0.329 e. The predicted octanol–water partition coefficient (Wildman–Crippen LogP) is 0.587. The zero-order valence-corrected chi connectivity index (χ0v) is 15.0. The van der Waals surface area contributed by atoms with Gasteiger partial charge in [-0.1, -0.05) is 32.1 Å². The van der Waals surface area contributed by atoms with Gasteiger partial charge in [-0.25, -0.2) is 9.78 Å². The summed E-state index contributed by atoms with van der Waals surface area (Å²) in [7, 11) is 3.40. The average molecular weight is 352 g/mol. The lowest BCUT2D eigenvalue weighted by Gasteiger charge is -2.06. The first kappa shape index (κ1) is 19.4. The summed E-state index contributed by atoms with van der Waals surface area (Å²) >= 11 is 0. The van der Waals surface area contributed by atoms with Gasteiger partial charge in [0.15, 0.2) is 11.2 Å². The molecule has 0 radical (unpaired) electrons. The third kappa shape index (κ3) is 4.79. The van der Waals surface area contributed by atoms with E-state index in [0.29, 0.717) is 17.6 Å². The second-order valence-corrected chi connectivity index (χ2v) is 6.57. The number of hydrogen-bond acceptors (Lipinski definition) is 5. The fourth-order valence-corrected chi connectivity index (χ4v) is 3.04. The molecule has 140 valence electrons. The van der Waals surface area contributed by atoms with Gasteiger partial charge in [0.05, 0.1) is 12.7 Å². The number of fused-ring (bicyclic) bond motifs is 1. The van der Waals surface area contributed by atoms with Gasteiger partial charge in [0, 0.05) is 20.5 Å². The molecular formula is C17H28N4O4. The molecule has 3 N–H and O–H groups in total. The molecule has 0 amide bonds. The van der Waals surface area contributed by atoms with Crippen LogP contribution in [-0.4, -0.2) is 42.0 Å². The third-order valence-corrected chi connectivity index (χ3v) is 4.63. The van der Waals surface area contributed by atoms with Crippen LogP contribution in [-0.2, 0) is 20.5 Å². The molecule has 0 fully saturated rings. The number of unbranched alkanes of at least 4 members (excludes halogenated alkanes) is 5. The first-order valence-electron chi connectivity index (χ1n) is 8.89. The van der Waals surface area contributed by atoms with E-state index < -0.39 is 17.4 Å². The molecular weight excluding hydrogens is 324 g/mol. The summed E-state index contributed by atoms with van der Waals surface area (Å²) in [6.45, 7) is -0.160. The zero-order valence-electron chi connectivity index (χ0n) is 15.0. The molecule has 2 heterocycles. The Hall–Kier alpha value is -1.93. The number of aliphatic hydroxyl groups excluding tert-OH is 2. The highest BCUT2D eigenvalue weighted by Crippen LogP contribution is 2.13. The highest BCUT2D eigenvalue weighted by atomic mass is 16.3. The Balaban J connectivity index is 1.81. The van der Waals surface area contributed by atoms with E-state index in [0.717, 1.165) is 50.8 Å². The number of nitrogens with one attached hydrogen (secondary N) is 1. The maximum Gasteiger partial charge on any atom is 0.329 e. The molecule has 2 aromatic heterocycles. The van der Waals surface area contributed by atoms with Crippen molar-refractivity contribution in [1.29, 1.82) is 0 Å². The first-order chi connectivity index (χ1) is 12.0. The van der Waals surface area contributed by atoms with E-state index in [1.54, 1.807) is 18.7 Å². The average Bonchev–Trinajstić information content (AvgIpc) is 2.92. The monoisotopic (exact) mass is 352 g/mol. The van der Waals surface area contributed by atoms with Crippen molar-refractivity contribution in [3.8, 4) is 0 Å². The van der Waals surface area contributed by atoms with Gasteiger partial charge >= 0.3 is 5.69 Å². The lowest BCUT2D eigenvalue weighted by Crippen LogP contribution is -2.29. The van der Waals surface area contributed by atoms with Crippen molar-refractivity contribution in [2.24, 2.45) is 14.1 Å². The number of aromatic amines is 1. The van der Waals surface area contributed by atoms with E-state index in [2.05, 4.69) is 9.97 Å². The van der Waals surface area contributed by atoms with Crippen LogP contribution in [0.1, 0.15) is 50.8 Å². The molecule has 0 saturated heterocycles. The van der Waals surface area contributed by atoms with Gasteiger partial charge in [-0.15, -0.1) is 0 Å². The summed E-state index contributed by atoms with van der Waals surface area (Å²) in [6.07, 6.45) is 7.09. The molecule has 0 spiro atoms. The normalized spacial score (nSPS) is 12.8. The molecule has 0 aliphatic rings. The molecule has 2 rings (SSSR count). The maximum absolute atomic E-state index is 12.0. The van der Waals surface area contributed by atoms with Crippen LogP contribution in [0.5, 0.6) is 0 Å². The van der Waals surface area contributed by atoms with E-state index in [4.69, 9.17) is 5.11 Å². The Morgan fingerprint density at radius 1 is 1.04 bits per heavy atom. The summed E-state index contributed by atoms with van der Waals surface area (Å²) < 4.78 is 3.13. The van der Waals surface area contributed by atoms with Crippen LogP contribution in [0.3, 0.4) is 0 Å². The number of aliphatic hydroxyl groups is 2. The summed E-state index contributed by atoms with van der Waals surface area (Å²) in [6, 6.07) is 0. The van der Waals surface area contributed by atoms with Crippen LogP contribution < -0.4 is 11.2 Å². The summed E-state index contributed by atoms with van der Waals surface area (Å²) in [5.74, 6) is 0.813. The van der Waals surface area contributed by atoms with Crippen molar-refractivity contribution in [2.45, 2.75) is 57.5 Å². The molecule has 8 heteroatoms. The lowest BCUT2D eigenvalue weighted by molar-refractivity contribution is 0.0860. The van der Waals surface area contributed by atoms with Crippen molar-refractivity contribution >= 4 is 11.2 Å². The maximum atomic E-state index is 12.0. The molecule has 25 heavy (non-hydrogen) atoms. The number of aromatic nitrogens is 4. The van der Waals surface area contributed by atoms with Crippen molar-refractivity contribution in [3.63, 3.8) is 0 Å². The van der Waals surface area contributed by atoms with Crippen LogP contribution >= 0.6 is 0 Å². The number of rotatable bonds is 10. The minimum absolute atomic E-state index is 0.160. The Morgan fingerprint density at radius 3 is 2.36 bits per heavy atom. The topological polar surface area (TPSA) is 113 Å². The van der Waals surface area contributed by atoms with E-state index >= 15 is 0 Å². The first-order valence-corrected chi connectivity index (χ1v) is 8.89. The van der Waals surface area contributed by atoms with Crippen molar-refractivity contribution < 1.29 is 10.2 Å². The van der Waals surface area contributed by atoms with Gasteiger partial charge < -0.3 is 14.8 Å². The lowest BCUT2D eigenvalue weighted by atomic mass is 10.1. The van der Waals surface area contributed by atoms with Gasteiger partial charge in [-0.2, -0.15) is 0 Å². The second-order valence-electron chi connectivity index (χ2n) is 6.57. The SMILES string of the molecule is Cn1c(CCCCCCCCC(O)CO)nc2c1c(=O)[nH]c(=O)n2C. The van der Waals surface area contributed by atoms with Gasteiger partial charge in [-0.3, -0.25) is 14.3 Å². The molecule has 0 aliphatic heterocycles. The van der Waals surface area contributed by atoms with Crippen LogP contribution in [0.2, 0.25) is 0 Å². The molecule has 1 atom stereocenters. The van der Waals surface area contributed by atoms with E-state index in [9.17, 15) is 14.7 Å². The Labute approximate surface area is 146 Å². The highest BCUT2D eigenvalue weighted by Gasteiger charge is 2.14. The van der Waals surface area contributed by atoms with Gasteiger partial charge in [-0.05, 0) is 12.8 Å². The fourth-order valence-electron chi connectivity index (χ4n) is 3.04. The quantitative estimate of drug-likeness (QED) is 0.542. The molecule has 0 bridgehead atoms. The van der Waals surface area contributed by atoms with Crippen LogP contribution in [0.4, 0.5) is 0 Å². The molecule has 0 aromatic carbocycles. The van der Waals surface area contributed by atoms with E-state index in [1.165, 1.54) is 4.57 Å². The number of hydrogen-bond donors (Lipinski definition) is 3. The van der Waals surface area contributed by atoms with Crippen LogP contribution in [0.15, 0.2) is 9.59 Å². The summed E-state index contributed by atoms with van der Waals surface area (Å²) in [5.41, 5.74) is 0.00566. The van der Waals surface area contributed by atoms with Gasteiger partial charge in [0.25, 0.3) is 5.56 Å². The van der Waals surface area contributed by atoms with E-state index in [1.807, 2.05) is 0 Å². The number of nitrogens with zero attached hydrogens (tertiary/aromatic N) is 3. The minimum atomic E-state index is -0.586. The molecule has 0 aliphatic carbocycles. The van der Waals surface area contributed by atoms with Crippen molar-refractivity contribution in [2.75, 3.05) is 6.61 Å². The number of H-pyrrole nitrogens is 1. The van der Waals surface area contributed by atoms with E-state index in [-0.39, 0.29) is 6.61 Å². The third-order valence-electron chi connectivity index (χ3n) is 4.63. The molecule has 8 nitrogen and oxygen atoms in total. The Kier molecular flexibility index (Phi) is 6.95. The second kappa shape index (κ2) is 8.96. The minimum Gasteiger partial charge on any atom is -0.394 e. The zero-order chi connectivity index (χ0) is 18.4. The van der Waals surface area contributed by atoms with Crippen LogP contribution in [0, 0.1) is 0 Å². The molecule has 0 saturated carbocycles. The summed E-state index contributed by atoms with van der Waals surface area (Å²) in [5, 5.41) is 18.0. The highest BCUT2D eigenvalue weighted by molar-refractivity contribution is 5.70. The largest absolute Gasteiger partial charge is 0.394 e. The van der Waals surface area contributed by atoms with Crippen molar-refractivity contribution in [3.05, 3.63) is 26.7 Å². The Bertz CT molecular complexity index is 805. The van der Waals surface area contributed by atoms with Gasteiger partial charge in [0.2, 0.25) is 0 Å². The summed E-state index contributed by atoms with van der Waals surface area (Å²) in [4.78, 5) is 30.4. The van der Waals surface area contributed by atoms with Crippen molar-refractivity contribution in [1.82, 2.24) is 19.1 Å².